The number of anilines is 1. The first-order chi connectivity index (χ1) is 9.69. The number of H-pyrrole nitrogens is 1. The van der Waals surface area contributed by atoms with Crippen LogP contribution in [0, 0.1) is 12.3 Å². The Hall–Kier alpha value is -1.43. The van der Waals surface area contributed by atoms with Crippen molar-refractivity contribution in [3.63, 3.8) is 0 Å². The smallest absolute Gasteiger partial charge is 0.194 e. The molecule has 0 amide bonds. The minimum atomic E-state index is 0. The number of rotatable bonds is 6. The van der Waals surface area contributed by atoms with Crippen molar-refractivity contribution in [2.45, 2.75) is 33.1 Å². The molecule has 0 spiro atoms. The first kappa shape index (κ1) is 31.4. The van der Waals surface area contributed by atoms with Crippen LogP contribution in [0.2, 0.25) is 0 Å². The SMILES string of the molecule is CCCCCNC(=N)Nc1nc(-c2c[nH]c(C)n2)cs1.Cl.Cl.O.O.O. The van der Waals surface area contributed by atoms with Crippen LogP contribution >= 0.6 is 36.2 Å². The number of imidazole rings is 1. The molecule has 0 unspecified atom stereocenters. The number of guanidine groups is 1. The van der Waals surface area contributed by atoms with Crippen molar-refractivity contribution in [3.05, 3.63) is 17.4 Å². The van der Waals surface area contributed by atoms with E-state index in [-0.39, 0.29) is 41.2 Å². The Bertz CT molecular complexity index is 582. The van der Waals surface area contributed by atoms with Crippen molar-refractivity contribution in [2.75, 3.05) is 11.9 Å². The van der Waals surface area contributed by atoms with E-state index in [4.69, 9.17) is 5.41 Å². The molecule has 0 fully saturated rings. The van der Waals surface area contributed by atoms with Crippen LogP contribution in [0.3, 0.4) is 0 Å². The number of aromatic nitrogens is 3. The van der Waals surface area contributed by atoms with Crippen LogP contribution in [-0.2, 0) is 0 Å². The first-order valence-electron chi connectivity index (χ1n) is 6.76. The lowest BCUT2D eigenvalue weighted by Crippen LogP contribution is -2.30. The number of aryl methyl sites for hydroxylation is 1. The third kappa shape index (κ3) is 10.2. The summed E-state index contributed by atoms with van der Waals surface area (Å²) >= 11 is 1.47. The van der Waals surface area contributed by atoms with Crippen LogP contribution in [0.25, 0.3) is 11.4 Å². The van der Waals surface area contributed by atoms with Crippen molar-refractivity contribution in [1.29, 1.82) is 5.41 Å². The lowest BCUT2D eigenvalue weighted by Gasteiger charge is -2.07. The predicted octanol–water partition coefficient (Wildman–Crippen LogP) is 1.34. The monoisotopic (exact) mass is 418 g/mol. The summed E-state index contributed by atoms with van der Waals surface area (Å²) in [5.74, 6) is 1.16. The zero-order valence-corrected chi connectivity index (χ0v) is 16.6. The summed E-state index contributed by atoms with van der Waals surface area (Å²) < 4.78 is 0. The van der Waals surface area contributed by atoms with Crippen molar-refractivity contribution < 1.29 is 16.4 Å². The fourth-order valence-electron chi connectivity index (χ4n) is 1.74. The molecule has 2 aromatic heterocycles. The molecule has 9 nitrogen and oxygen atoms in total. The number of thiazole rings is 1. The number of nitrogens with one attached hydrogen (secondary N) is 4. The Labute approximate surface area is 163 Å². The van der Waals surface area contributed by atoms with Gasteiger partial charge in [-0.1, -0.05) is 19.8 Å². The molecule has 2 rings (SSSR count). The Morgan fingerprint density at radius 1 is 1.16 bits per heavy atom. The van der Waals surface area contributed by atoms with E-state index >= 15 is 0 Å². The Balaban J connectivity index is -0.000000441. The summed E-state index contributed by atoms with van der Waals surface area (Å²) in [5.41, 5.74) is 1.65. The summed E-state index contributed by atoms with van der Waals surface area (Å²) in [7, 11) is 0. The number of hydrogen-bond donors (Lipinski definition) is 4. The minimum absolute atomic E-state index is 0. The zero-order chi connectivity index (χ0) is 14.4. The van der Waals surface area contributed by atoms with Gasteiger partial charge in [0.05, 0.1) is 0 Å². The second-order valence-electron chi connectivity index (χ2n) is 4.54. The van der Waals surface area contributed by atoms with Gasteiger partial charge in [0.1, 0.15) is 17.2 Å². The maximum atomic E-state index is 7.80. The van der Waals surface area contributed by atoms with E-state index in [0.29, 0.717) is 11.1 Å². The molecule has 2 aromatic rings. The molecule has 0 saturated heterocycles. The minimum Gasteiger partial charge on any atom is -0.412 e. The van der Waals surface area contributed by atoms with Gasteiger partial charge in [-0.3, -0.25) is 5.41 Å². The average molecular weight is 419 g/mol. The third-order valence-corrected chi connectivity index (χ3v) is 3.54. The van der Waals surface area contributed by atoms with Gasteiger partial charge in [0.25, 0.3) is 0 Å². The molecule has 0 saturated carbocycles. The summed E-state index contributed by atoms with van der Waals surface area (Å²) in [6.45, 7) is 4.89. The Morgan fingerprint density at radius 2 is 1.84 bits per heavy atom. The van der Waals surface area contributed by atoms with Crippen molar-refractivity contribution in [1.82, 2.24) is 20.3 Å². The molecule has 0 aliphatic heterocycles. The number of aromatic amines is 1. The van der Waals surface area contributed by atoms with Crippen molar-refractivity contribution in [3.8, 4) is 11.4 Å². The molecule has 0 aliphatic rings. The number of unbranched alkanes of at least 4 members (excludes halogenated alkanes) is 2. The first-order valence-corrected chi connectivity index (χ1v) is 7.64. The van der Waals surface area contributed by atoms with E-state index in [1.165, 1.54) is 24.2 Å². The average Bonchev–Trinajstić information content (AvgIpc) is 3.04. The molecule has 0 bridgehead atoms. The van der Waals surface area contributed by atoms with Gasteiger partial charge >= 0.3 is 0 Å². The van der Waals surface area contributed by atoms with Gasteiger partial charge in [0.15, 0.2) is 11.1 Å². The standard InChI is InChI=1S/C13H20N6S.2ClH.3H2O/c1-3-4-5-6-15-12(14)19-13-18-11(8-20-13)10-7-16-9(2)17-10;;;;;/h7-8H,3-6H2,1-2H3,(H,16,17)(H3,14,15,18,19);2*1H;3*1H2. The quantitative estimate of drug-likeness (QED) is 0.313. The van der Waals surface area contributed by atoms with E-state index in [1.807, 2.05) is 18.5 Å². The second kappa shape index (κ2) is 16.1. The molecular weight excluding hydrogens is 391 g/mol. The van der Waals surface area contributed by atoms with E-state index in [9.17, 15) is 0 Å². The van der Waals surface area contributed by atoms with E-state index in [2.05, 4.69) is 32.5 Å². The van der Waals surface area contributed by atoms with Crippen LogP contribution in [0.5, 0.6) is 0 Å². The van der Waals surface area contributed by atoms with Gasteiger partial charge in [-0.25, -0.2) is 9.97 Å². The third-order valence-electron chi connectivity index (χ3n) is 2.79. The summed E-state index contributed by atoms with van der Waals surface area (Å²) in [6.07, 6.45) is 5.28. The molecule has 10 N–H and O–H groups in total. The lowest BCUT2D eigenvalue weighted by molar-refractivity contribution is 0.694. The predicted molar refractivity (Wildman–Crippen MR) is 109 cm³/mol. The van der Waals surface area contributed by atoms with E-state index in [0.717, 1.165) is 30.2 Å². The molecule has 0 radical (unpaired) electrons. The van der Waals surface area contributed by atoms with Gasteiger partial charge in [-0.15, -0.1) is 36.2 Å². The fourth-order valence-corrected chi connectivity index (χ4v) is 2.45. The topological polar surface area (TPSA) is 184 Å². The molecule has 2 heterocycles. The lowest BCUT2D eigenvalue weighted by atomic mass is 10.2. The van der Waals surface area contributed by atoms with Crippen LogP contribution in [-0.4, -0.2) is 43.9 Å². The molecule has 12 heteroatoms. The maximum absolute atomic E-state index is 7.80. The van der Waals surface area contributed by atoms with Gasteiger partial charge in [-0.2, -0.15) is 0 Å². The number of nitrogens with zero attached hydrogens (tertiary/aromatic N) is 2. The van der Waals surface area contributed by atoms with Crippen molar-refractivity contribution >= 4 is 47.2 Å². The molecule has 0 aliphatic carbocycles. The van der Waals surface area contributed by atoms with Gasteiger partial charge in [-0.05, 0) is 13.3 Å². The highest BCUT2D eigenvalue weighted by Gasteiger charge is 2.08. The van der Waals surface area contributed by atoms with Crippen LogP contribution in [0.1, 0.15) is 32.0 Å². The molecule has 0 atom stereocenters. The highest BCUT2D eigenvalue weighted by Crippen LogP contribution is 2.23. The summed E-state index contributed by atoms with van der Waals surface area (Å²) in [4.78, 5) is 11.8. The summed E-state index contributed by atoms with van der Waals surface area (Å²) in [6, 6.07) is 0. The number of hydrogen-bond acceptors (Lipinski definition) is 4. The van der Waals surface area contributed by atoms with Gasteiger partial charge < -0.3 is 32.0 Å². The Morgan fingerprint density at radius 3 is 2.40 bits per heavy atom. The molecular formula is C13H28Cl2N6O3S. The van der Waals surface area contributed by atoms with Crippen LogP contribution in [0.4, 0.5) is 5.13 Å². The molecule has 0 aromatic carbocycles. The molecule has 25 heavy (non-hydrogen) atoms. The van der Waals surface area contributed by atoms with Crippen molar-refractivity contribution in [2.24, 2.45) is 0 Å². The number of halogens is 2. The van der Waals surface area contributed by atoms with E-state index in [1.54, 1.807) is 0 Å². The highest BCUT2D eigenvalue weighted by molar-refractivity contribution is 7.14. The Kier molecular flexibility index (Phi) is 20.1. The van der Waals surface area contributed by atoms with Gasteiger partial charge in [0, 0.05) is 18.1 Å². The second-order valence-corrected chi connectivity index (χ2v) is 5.40. The fraction of sp³-hybridized carbons (Fsp3) is 0.462. The normalized spacial score (nSPS) is 8.40. The van der Waals surface area contributed by atoms with Crippen LogP contribution < -0.4 is 10.6 Å². The van der Waals surface area contributed by atoms with E-state index < -0.39 is 0 Å². The zero-order valence-electron chi connectivity index (χ0n) is 14.1. The summed E-state index contributed by atoms with van der Waals surface area (Å²) in [5, 5.41) is 16.4. The van der Waals surface area contributed by atoms with Gasteiger partial charge in [0.2, 0.25) is 0 Å². The highest BCUT2D eigenvalue weighted by atomic mass is 35.5. The molecule has 148 valence electrons. The maximum Gasteiger partial charge on any atom is 0.194 e. The van der Waals surface area contributed by atoms with Crippen LogP contribution in [0.15, 0.2) is 11.6 Å². The largest absolute Gasteiger partial charge is 0.412 e.